The largest absolute Gasteiger partial charge is 0.399 e. The molecule has 2 aromatic rings. The molecule has 0 saturated carbocycles. The maximum Gasteiger partial charge on any atom is 0.241 e. The first-order chi connectivity index (χ1) is 9.44. The van der Waals surface area contributed by atoms with Crippen LogP contribution >= 0.6 is 11.8 Å². The van der Waals surface area contributed by atoms with Gasteiger partial charge in [0.05, 0.1) is 4.90 Å². The quantitative estimate of drug-likeness (QED) is 0.832. The molecule has 20 heavy (non-hydrogen) atoms. The molecule has 1 unspecified atom stereocenters. The van der Waals surface area contributed by atoms with E-state index in [-0.39, 0.29) is 6.04 Å². The molecule has 0 aliphatic rings. The van der Waals surface area contributed by atoms with Crippen LogP contribution in [0.4, 0.5) is 5.69 Å². The summed E-state index contributed by atoms with van der Waals surface area (Å²) in [6, 6.07) is 10.3. The van der Waals surface area contributed by atoms with Crippen LogP contribution in [0.2, 0.25) is 0 Å². The lowest BCUT2D eigenvalue weighted by molar-refractivity contribution is 0.572. The summed E-state index contributed by atoms with van der Waals surface area (Å²) in [5.41, 5.74) is 6.36. The fourth-order valence-electron chi connectivity index (χ4n) is 2.12. The summed E-state index contributed by atoms with van der Waals surface area (Å²) in [4.78, 5) is 0.294. The Morgan fingerprint density at radius 3 is 2.75 bits per heavy atom. The van der Waals surface area contributed by atoms with Crippen molar-refractivity contribution in [1.82, 2.24) is 4.72 Å². The molecule has 0 amide bonds. The molecule has 2 rings (SSSR count). The molecule has 0 saturated heterocycles. The molecule has 0 radical (unpaired) electrons. The predicted octanol–water partition coefficient (Wildman–Crippen LogP) is 2.45. The highest BCUT2D eigenvalue weighted by Crippen LogP contribution is 2.25. The van der Waals surface area contributed by atoms with Gasteiger partial charge in [-0.2, -0.15) is 11.8 Å². The average Bonchev–Trinajstić information content (AvgIpc) is 2.37. The molecular formula is C14H18N2O2S2. The van der Waals surface area contributed by atoms with Gasteiger partial charge in [0.25, 0.3) is 0 Å². The molecule has 0 heterocycles. The van der Waals surface area contributed by atoms with Gasteiger partial charge in [0.1, 0.15) is 0 Å². The lowest BCUT2D eigenvalue weighted by Gasteiger charge is -2.14. The van der Waals surface area contributed by atoms with Gasteiger partial charge >= 0.3 is 0 Å². The van der Waals surface area contributed by atoms with Crippen molar-refractivity contribution in [2.24, 2.45) is 0 Å². The number of hydrogen-bond donors (Lipinski definition) is 2. The van der Waals surface area contributed by atoms with Crippen molar-refractivity contribution < 1.29 is 8.42 Å². The van der Waals surface area contributed by atoms with Gasteiger partial charge in [-0.05, 0) is 36.8 Å². The van der Waals surface area contributed by atoms with Gasteiger partial charge in [-0.1, -0.05) is 18.2 Å². The number of nitrogens with two attached hydrogens (primary N) is 1. The Morgan fingerprint density at radius 2 is 2.05 bits per heavy atom. The minimum absolute atomic E-state index is 0.112. The summed E-state index contributed by atoms with van der Waals surface area (Å²) in [7, 11) is -3.53. The van der Waals surface area contributed by atoms with Crippen LogP contribution in [-0.2, 0) is 10.0 Å². The number of nitrogen functional groups attached to an aromatic ring is 1. The van der Waals surface area contributed by atoms with E-state index in [1.54, 1.807) is 42.1 Å². The Bertz CT molecular complexity index is 714. The van der Waals surface area contributed by atoms with Gasteiger partial charge in [-0.3, -0.25) is 0 Å². The first-order valence-corrected chi connectivity index (χ1v) is 9.11. The predicted molar refractivity (Wildman–Crippen MR) is 86.5 cm³/mol. The maximum absolute atomic E-state index is 12.5. The van der Waals surface area contributed by atoms with Crippen LogP contribution in [0.3, 0.4) is 0 Å². The highest BCUT2D eigenvalue weighted by atomic mass is 32.2. The zero-order valence-corrected chi connectivity index (χ0v) is 13.1. The first kappa shape index (κ1) is 15.2. The second-order valence-electron chi connectivity index (χ2n) is 4.71. The van der Waals surface area contributed by atoms with Crippen molar-refractivity contribution in [2.75, 3.05) is 17.7 Å². The summed E-state index contributed by atoms with van der Waals surface area (Å²) in [5.74, 6) is 0.733. The van der Waals surface area contributed by atoms with Crippen molar-refractivity contribution in [1.29, 1.82) is 0 Å². The SMILES string of the molecule is CSCC(C)NS(=O)(=O)c1cccc2cc(N)ccc12. The number of fused-ring (bicyclic) bond motifs is 1. The second kappa shape index (κ2) is 6.03. The highest BCUT2D eigenvalue weighted by molar-refractivity contribution is 7.98. The van der Waals surface area contributed by atoms with E-state index < -0.39 is 10.0 Å². The molecule has 0 aliphatic carbocycles. The molecule has 0 aliphatic heterocycles. The summed E-state index contributed by atoms with van der Waals surface area (Å²) in [6.45, 7) is 1.86. The number of thioether (sulfide) groups is 1. The van der Waals surface area contributed by atoms with E-state index in [9.17, 15) is 8.42 Å². The van der Waals surface area contributed by atoms with Gasteiger partial charge in [0.15, 0.2) is 0 Å². The highest BCUT2D eigenvalue weighted by Gasteiger charge is 2.19. The Hall–Kier alpha value is -1.24. The molecule has 6 heteroatoms. The van der Waals surface area contributed by atoms with Crippen molar-refractivity contribution in [2.45, 2.75) is 17.9 Å². The Balaban J connectivity index is 2.46. The van der Waals surface area contributed by atoms with Crippen molar-refractivity contribution in [3.63, 3.8) is 0 Å². The molecule has 0 aromatic heterocycles. The van der Waals surface area contributed by atoms with E-state index in [0.717, 1.165) is 11.1 Å². The van der Waals surface area contributed by atoms with Crippen LogP contribution in [-0.4, -0.2) is 26.5 Å². The van der Waals surface area contributed by atoms with Gasteiger partial charge in [0, 0.05) is 22.9 Å². The van der Waals surface area contributed by atoms with Gasteiger partial charge in [-0.25, -0.2) is 13.1 Å². The zero-order valence-electron chi connectivity index (χ0n) is 11.5. The first-order valence-electron chi connectivity index (χ1n) is 6.23. The Labute approximate surface area is 123 Å². The third-order valence-corrected chi connectivity index (χ3v) is 5.41. The van der Waals surface area contributed by atoms with Crippen LogP contribution in [0.1, 0.15) is 6.92 Å². The fourth-order valence-corrected chi connectivity index (χ4v) is 4.28. The number of benzene rings is 2. The third kappa shape index (κ3) is 3.26. The Kier molecular flexibility index (Phi) is 4.57. The number of sulfonamides is 1. The number of hydrogen-bond acceptors (Lipinski definition) is 4. The molecule has 108 valence electrons. The topological polar surface area (TPSA) is 72.2 Å². The molecule has 0 fully saturated rings. The molecule has 2 aromatic carbocycles. The van der Waals surface area contributed by atoms with Crippen LogP contribution in [0.5, 0.6) is 0 Å². The maximum atomic E-state index is 12.5. The van der Waals surface area contributed by atoms with Crippen LogP contribution < -0.4 is 10.5 Å². The fraction of sp³-hybridized carbons (Fsp3) is 0.286. The van der Waals surface area contributed by atoms with Crippen molar-refractivity contribution in [3.8, 4) is 0 Å². The van der Waals surface area contributed by atoms with Crippen LogP contribution in [0, 0.1) is 0 Å². The summed E-state index contributed by atoms with van der Waals surface area (Å²) in [5, 5.41) is 1.51. The average molecular weight is 310 g/mol. The van der Waals surface area contributed by atoms with E-state index in [1.807, 2.05) is 19.2 Å². The lowest BCUT2D eigenvalue weighted by atomic mass is 10.1. The zero-order chi connectivity index (χ0) is 14.8. The normalized spacial score (nSPS) is 13.5. The van der Waals surface area contributed by atoms with E-state index in [1.165, 1.54) is 0 Å². The van der Waals surface area contributed by atoms with E-state index in [4.69, 9.17) is 5.73 Å². The molecule has 3 N–H and O–H groups in total. The van der Waals surface area contributed by atoms with Crippen LogP contribution in [0.15, 0.2) is 41.3 Å². The number of anilines is 1. The van der Waals surface area contributed by atoms with Crippen molar-refractivity contribution in [3.05, 3.63) is 36.4 Å². The Morgan fingerprint density at radius 1 is 1.30 bits per heavy atom. The summed E-state index contributed by atoms with van der Waals surface area (Å²) < 4.78 is 27.6. The number of rotatable bonds is 5. The van der Waals surface area contributed by atoms with Crippen LogP contribution in [0.25, 0.3) is 10.8 Å². The van der Waals surface area contributed by atoms with Crippen molar-refractivity contribution >= 4 is 38.2 Å². The molecule has 0 spiro atoms. The molecule has 1 atom stereocenters. The van der Waals surface area contributed by atoms with E-state index in [2.05, 4.69) is 4.72 Å². The van der Waals surface area contributed by atoms with Gasteiger partial charge < -0.3 is 5.73 Å². The van der Waals surface area contributed by atoms with Gasteiger partial charge in [-0.15, -0.1) is 0 Å². The number of nitrogens with one attached hydrogen (secondary N) is 1. The van der Waals surface area contributed by atoms with E-state index >= 15 is 0 Å². The monoisotopic (exact) mass is 310 g/mol. The lowest BCUT2D eigenvalue weighted by Crippen LogP contribution is -2.34. The smallest absolute Gasteiger partial charge is 0.241 e. The summed E-state index contributed by atoms with van der Waals surface area (Å²) in [6.07, 6.45) is 1.95. The summed E-state index contributed by atoms with van der Waals surface area (Å²) >= 11 is 1.61. The minimum Gasteiger partial charge on any atom is -0.399 e. The second-order valence-corrected chi connectivity index (χ2v) is 7.31. The molecule has 0 bridgehead atoms. The molecule has 4 nitrogen and oxygen atoms in total. The molecular weight excluding hydrogens is 292 g/mol. The minimum atomic E-state index is -3.53. The standard InChI is InChI=1S/C14H18N2O2S2/c1-10(9-19-2)16-20(17,18)14-5-3-4-11-8-12(15)6-7-13(11)14/h3-8,10,16H,9,15H2,1-2H3. The van der Waals surface area contributed by atoms with E-state index in [0.29, 0.717) is 16.0 Å². The third-order valence-electron chi connectivity index (χ3n) is 2.93. The van der Waals surface area contributed by atoms with Gasteiger partial charge in [0.2, 0.25) is 10.0 Å².